The number of anilines is 1. The van der Waals surface area contributed by atoms with Gasteiger partial charge in [-0.15, -0.1) is 0 Å². The Kier molecular flexibility index (Phi) is 4.36. The molecule has 1 fully saturated rings. The Morgan fingerprint density at radius 1 is 1.20 bits per heavy atom. The molecule has 0 amide bonds. The number of nitrogens with one attached hydrogen (secondary N) is 1. The standard InChI is InChI=1S/C19H24N6/c1-3-24-10-4-5-16(24)11-20-18-17-12-23-25(19(17)22-13-21-18)15-8-6-14(2)7-9-15/h6-9,12-13,16H,3-5,10-11H2,1-2H3,(H,20,21,22)/t16-/m0/s1. The first-order chi connectivity index (χ1) is 12.3. The SMILES string of the molecule is CCN1CCC[C@H]1CNc1ncnc2c1cnn2-c1ccc(C)cc1. The van der Waals surface area contributed by atoms with Gasteiger partial charge in [0, 0.05) is 12.6 Å². The fourth-order valence-corrected chi connectivity index (χ4v) is 3.62. The number of likely N-dealkylation sites (N-methyl/N-ethyl adjacent to an activating group) is 1. The molecular weight excluding hydrogens is 312 g/mol. The molecule has 1 aliphatic heterocycles. The Hall–Kier alpha value is -2.47. The maximum atomic E-state index is 4.53. The molecule has 0 saturated carbocycles. The Morgan fingerprint density at radius 3 is 2.84 bits per heavy atom. The fourth-order valence-electron chi connectivity index (χ4n) is 3.62. The smallest absolute Gasteiger partial charge is 0.168 e. The van der Waals surface area contributed by atoms with Gasteiger partial charge in [-0.05, 0) is 45.0 Å². The highest BCUT2D eigenvalue weighted by atomic mass is 15.3. The Labute approximate surface area is 147 Å². The monoisotopic (exact) mass is 336 g/mol. The average molecular weight is 336 g/mol. The van der Waals surface area contributed by atoms with Crippen LogP contribution >= 0.6 is 0 Å². The van der Waals surface area contributed by atoms with Crippen LogP contribution in [0, 0.1) is 6.92 Å². The summed E-state index contributed by atoms with van der Waals surface area (Å²) in [6.45, 7) is 7.53. The van der Waals surface area contributed by atoms with Crippen molar-refractivity contribution in [2.45, 2.75) is 32.7 Å². The number of hydrogen-bond donors (Lipinski definition) is 1. The van der Waals surface area contributed by atoms with E-state index in [0.29, 0.717) is 6.04 Å². The molecule has 3 heterocycles. The van der Waals surface area contributed by atoms with E-state index in [-0.39, 0.29) is 0 Å². The van der Waals surface area contributed by atoms with E-state index in [4.69, 9.17) is 0 Å². The third-order valence-corrected chi connectivity index (χ3v) is 5.05. The zero-order valence-corrected chi connectivity index (χ0v) is 14.8. The summed E-state index contributed by atoms with van der Waals surface area (Å²) in [5.74, 6) is 0.867. The van der Waals surface area contributed by atoms with Crippen molar-refractivity contribution in [3.63, 3.8) is 0 Å². The van der Waals surface area contributed by atoms with Crippen molar-refractivity contribution >= 4 is 16.9 Å². The van der Waals surface area contributed by atoms with Crippen molar-refractivity contribution in [3.05, 3.63) is 42.4 Å². The van der Waals surface area contributed by atoms with Crippen molar-refractivity contribution in [2.75, 3.05) is 25.0 Å². The van der Waals surface area contributed by atoms with Gasteiger partial charge in [-0.1, -0.05) is 24.6 Å². The number of aryl methyl sites for hydroxylation is 1. The number of benzene rings is 1. The van der Waals surface area contributed by atoms with E-state index in [1.165, 1.54) is 24.9 Å². The summed E-state index contributed by atoms with van der Waals surface area (Å²) in [4.78, 5) is 11.4. The normalized spacial score (nSPS) is 18.1. The first-order valence-corrected chi connectivity index (χ1v) is 9.00. The molecule has 2 aromatic heterocycles. The minimum atomic E-state index is 0.585. The molecule has 1 aliphatic rings. The van der Waals surface area contributed by atoms with E-state index >= 15 is 0 Å². The van der Waals surface area contributed by atoms with Crippen molar-refractivity contribution in [3.8, 4) is 5.69 Å². The number of aromatic nitrogens is 4. The van der Waals surface area contributed by atoms with Crippen molar-refractivity contribution in [2.24, 2.45) is 0 Å². The second-order valence-corrected chi connectivity index (χ2v) is 6.66. The van der Waals surface area contributed by atoms with Crippen LogP contribution < -0.4 is 5.32 Å². The Morgan fingerprint density at radius 2 is 2.04 bits per heavy atom. The van der Waals surface area contributed by atoms with E-state index in [0.717, 1.165) is 35.6 Å². The molecule has 0 aliphatic carbocycles. The van der Waals surface area contributed by atoms with E-state index < -0.39 is 0 Å². The minimum absolute atomic E-state index is 0.585. The molecule has 4 rings (SSSR count). The zero-order chi connectivity index (χ0) is 17.2. The number of fused-ring (bicyclic) bond motifs is 1. The molecule has 0 radical (unpaired) electrons. The van der Waals surface area contributed by atoms with Crippen LogP contribution in [0.5, 0.6) is 0 Å². The molecule has 1 atom stereocenters. The maximum absolute atomic E-state index is 4.53. The fraction of sp³-hybridized carbons (Fsp3) is 0.421. The van der Waals surface area contributed by atoms with Gasteiger partial charge in [0.1, 0.15) is 12.1 Å². The van der Waals surface area contributed by atoms with Crippen LogP contribution in [0.25, 0.3) is 16.7 Å². The van der Waals surface area contributed by atoms with Crippen LogP contribution in [-0.4, -0.2) is 50.3 Å². The molecule has 1 saturated heterocycles. The van der Waals surface area contributed by atoms with Gasteiger partial charge in [-0.3, -0.25) is 4.90 Å². The van der Waals surface area contributed by atoms with Crippen LogP contribution in [0.15, 0.2) is 36.8 Å². The molecule has 0 bridgehead atoms. The highest BCUT2D eigenvalue weighted by Gasteiger charge is 2.23. The third kappa shape index (κ3) is 3.09. The zero-order valence-electron chi connectivity index (χ0n) is 14.8. The van der Waals surface area contributed by atoms with Gasteiger partial charge in [0.05, 0.1) is 17.3 Å². The van der Waals surface area contributed by atoms with E-state index in [1.54, 1.807) is 6.33 Å². The molecule has 6 heteroatoms. The average Bonchev–Trinajstić information content (AvgIpc) is 3.27. The minimum Gasteiger partial charge on any atom is -0.368 e. The van der Waals surface area contributed by atoms with Crippen molar-refractivity contribution < 1.29 is 0 Å². The van der Waals surface area contributed by atoms with Crippen LogP contribution in [0.1, 0.15) is 25.3 Å². The predicted molar refractivity (Wildman–Crippen MR) is 100 cm³/mol. The number of hydrogen-bond acceptors (Lipinski definition) is 5. The Bertz CT molecular complexity index is 854. The van der Waals surface area contributed by atoms with Gasteiger partial charge in [-0.2, -0.15) is 5.10 Å². The summed E-state index contributed by atoms with van der Waals surface area (Å²) in [6, 6.07) is 8.89. The lowest BCUT2D eigenvalue weighted by molar-refractivity contribution is 0.277. The van der Waals surface area contributed by atoms with Gasteiger partial charge in [0.25, 0.3) is 0 Å². The van der Waals surface area contributed by atoms with Gasteiger partial charge < -0.3 is 5.32 Å². The highest BCUT2D eigenvalue weighted by Crippen LogP contribution is 2.23. The second-order valence-electron chi connectivity index (χ2n) is 6.66. The van der Waals surface area contributed by atoms with Gasteiger partial charge in [0.15, 0.2) is 5.65 Å². The van der Waals surface area contributed by atoms with Crippen molar-refractivity contribution in [1.29, 1.82) is 0 Å². The summed E-state index contributed by atoms with van der Waals surface area (Å²) in [5.41, 5.74) is 3.08. The second kappa shape index (κ2) is 6.80. The van der Waals surface area contributed by atoms with Gasteiger partial charge >= 0.3 is 0 Å². The summed E-state index contributed by atoms with van der Waals surface area (Å²) in [5, 5.41) is 9.01. The van der Waals surface area contributed by atoms with E-state index in [9.17, 15) is 0 Å². The molecule has 6 nitrogen and oxygen atoms in total. The van der Waals surface area contributed by atoms with Crippen molar-refractivity contribution in [1.82, 2.24) is 24.6 Å². The molecule has 1 N–H and O–H groups in total. The lowest BCUT2D eigenvalue weighted by Gasteiger charge is -2.23. The summed E-state index contributed by atoms with van der Waals surface area (Å²) in [6.07, 6.45) is 6.00. The summed E-state index contributed by atoms with van der Waals surface area (Å²) in [7, 11) is 0. The third-order valence-electron chi connectivity index (χ3n) is 5.05. The quantitative estimate of drug-likeness (QED) is 0.776. The van der Waals surface area contributed by atoms with Crippen LogP contribution in [0.3, 0.4) is 0 Å². The first kappa shape index (κ1) is 16.0. The Balaban J connectivity index is 1.59. The molecule has 0 unspecified atom stereocenters. The van der Waals surface area contributed by atoms with Crippen LogP contribution in [0.2, 0.25) is 0 Å². The number of nitrogens with zero attached hydrogens (tertiary/aromatic N) is 5. The summed E-state index contributed by atoms with van der Waals surface area (Å²) < 4.78 is 1.87. The van der Waals surface area contributed by atoms with Gasteiger partial charge in [-0.25, -0.2) is 14.6 Å². The van der Waals surface area contributed by atoms with Crippen LogP contribution in [0.4, 0.5) is 5.82 Å². The van der Waals surface area contributed by atoms with Crippen LogP contribution in [-0.2, 0) is 0 Å². The van der Waals surface area contributed by atoms with E-state index in [2.05, 4.69) is 63.4 Å². The number of likely N-dealkylation sites (tertiary alicyclic amines) is 1. The molecule has 130 valence electrons. The topological polar surface area (TPSA) is 58.9 Å². The molecular formula is C19H24N6. The largest absolute Gasteiger partial charge is 0.368 e. The molecule has 25 heavy (non-hydrogen) atoms. The maximum Gasteiger partial charge on any atom is 0.168 e. The predicted octanol–water partition coefficient (Wildman–Crippen LogP) is 3.02. The molecule has 1 aromatic carbocycles. The van der Waals surface area contributed by atoms with Gasteiger partial charge in [0.2, 0.25) is 0 Å². The summed E-state index contributed by atoms with van der Waals surface area (Å²) >= 11 is 0. The lowest BCUT2D eigenvalue weighted by Crippen LogP contribution is -2.34. The molecule has 0 spiro atoms. The van der Waals surface area contributed by atoms with E-state index in [1.807, 2.05) is 10.9 Å². The first-order valence-electron chi connectivity index (χ1n) is 9.00. The number of rotatable bonds is 5. The lowest BCUT2D eigenvalue weighted by atomic mass is 10.2. The highest BCUT2D eigenvalue weighted by molar-refractivity contribution is 5.87. The molecule has 3 aromatic rings.